The number of amides is 1. The van der Waals surface area contributed by atoms with E-state index in [4.69, 9.17) is 11.6 Å². The molecule has 0 unspecified atom stereocenters. The van der Waals surface area contributed by atoms with Crippen LogP contribution in [0, 0.1) is 0 Å². The minimum absolute atomic E-state index is 0. The van der Waals surface area contributed by atoms with Crippen LogP contribution in [0.25, 0.3) is 0 Å². The van der Waals surface area contributed by atoms with E-state index in [9.17, 15) is 4.79 Å². The number of halogens is 2. The van der Waals surface area contributed by atoms with Gasteiger partial charge in [0, 0.05) is 19.6 Å². The number of carbonyl (C=O) groups is 1. The van der Waals surface area contributed by atoms with Crippen molar-refractivity contribution in [1.82, 2.24) is 16.0 Å². The Labute approximate surface area is 148 Å². The van der Waals surface area contributed by atoms with E-state index in [0.29, 0.717) is 23.7 Å². The molecule has 21 heavy (non-hydrogen) atoms. The molecule has 0 fully saturated rings. The van der Waals surface area contributed by atoms with E-state index in [1.165, 1.54) is 0 Å². The van der Waals surface area contributed by atoms with Crippen LogP contribution in [-0.2, 0) is 0 Å². The summed E-state index contributed by atoms with van der Waals surface area (Å²) in [4.78, 5) is 16.2. The van der Waals surface area contributed by atoms with Crippen molar-refractivity contribution in [3.8, 4) is 0 Å². The lowest BCUT2D eigenvalue weighted by Crippen LogP contribution is -2.37. The Balaban J connectivity index is 0.00000400. The van der Waals surface area contributed by atoms with Gasteiger partial charge in [-0.25, -0.2) is 0 Å². The van der Waals surface area contributed by atoms with Gasteiger partial charge in [-0.15, -0.1) is 24.0 Å². The standard InChI is InChI=1S/C14H21ClN4O.HI/c1-3-16-14(17-4-2)19-10-9-18-13(20)11-7-5-6-8-12(11)15;/h5-8H,3-4,9-10H2,1-2H3,(H,18,20)(H2,16,17,19);1H. The maximum absolute atomic E-state index is 11.9. The van der Waals surface area contributed by atoms with E-state index in [1.54, 1.807) is 24.3 Å². The largest absolute Gasteiger partial charge is 0.357 e. The van der Waals surface area contributed by atoms with Gasteiger partial charge in [-0.3, -0.25) is 9.79 Å². The van der Waals surface area contributed by atoms with Crippen molar-refractivity contribution in [2.45, 2.75) is 13.8 Å². The molecule has 1 aromatic rings. The summed E-state index contributed by atoms with van der Waals surface area (Å²) in [7, 11) is 0. The van der Waals surface area contributed by atoms with E-state index < -0.39 is 0 Å². The quantitative estimate of drug-likeness (QED) is 0.284. The molecule has 0 aliphatic rings. The Hall–Kier alpha value is -1.02. The fourth-order valence-corrected chi connectivity index (χ4v) is 1.81. The molecule has 1 aromatic carbocycles. The Morgan fingerprint density at radius 3 is 2.33 bits per heavy atom. The Morgan fingerprint density at radius 2 is 1.76 bits per heavy atom. The molecule has 0 spiro atoms. The summed E-state index contributed by atoms with van der Waals surface area (Å²) in [6.07, 6.45) is 0. The molecule has 0 saturated heterocycles. The summed E-state index contributed by atoms with van der Waals surface area (Å²) in [6, 6.07) is 6.97. The van der Waals surface area contributed by atoms with Crippen molar-refractivity contribution >= 4 is 47.4 Å². The first-order valence-corrected chi connectivity index (χ1v) is 7.11. The third-order valence-electron chi connectivity index (χ3n) is 2.47. The van der Waals surface area contributed by atoms with Crippen LogP contribution in [0.2, 0.25) is 5.02 Å². The molecule has 0 saturated carbocycles. The minimum atomic E-state index is -0.181. The van der Waals surface area contributed by atoms with E-state index >= 15 is 0 Å². The van der Waals surface area contributed by atoms with E-state index in [2.05, 4.69) is 20.9 Å². The number of hydrogen-bond acceptors (Lipinski definition) is 2. The van der Waals surface area contributed by atoms with Crippen molar-refractivity contribution in [2.24, 2.45) is 4.99 Å². The first-order chi connectivity index (χ1) is 9.69. The molecule has 0 atom stereocenters. The number of nitrogens with zero attached hydrogens (tertiary/aromatic N) is 1. The van der Waals surface area contributed by atoms with Crippen LogP contribution in [0.3, 0.4) is 0 Å². The average Bonchev–Trinajstić information content (AvgIpc) is 2.44. The Bertz CT molecular complexity index is 460. The normalized spacial score (nSPS) is 9.29. The second-order valence-corrected chi connectivity index (χ2v) is 4.43. The number of aliphatic imine (C=N–C) groups is 1. The first kappa shape index (κ1) is 20.0. The number of hydrogen-bond donors (Lipinski definition) is 3. The fraction of sp³-hybridized carbons (Fsp3) is 0.429. The predicted molar refractivity (Wildman–Crippen MR) is 98.9 cm³/mol. The molecule has 1 rings (SSSR count). The SMILES string of the molecule is CCNC(=NCCNC(=O)c1ccccc1Cl)NCC.I. The highest BCUT2D eigenvalue weighted by Crippen LogP contribution is 2.14. The first-order valence-electron chi connectivity index (χ1n) is 6.74. The van der Waals surface area contributed by atoms with Crippen LogP contribution in [0.4, 0.5) is 0 Å². The van der Waals surface area contributed by atoms with Crippen molar-refractivity contribution in [1.29, 1.82) is 0 Å². The third-order valence-corrected chi connectivity index (χ3v) is 2.80. The molecular weight excluding hydrogens is 403 g/mol. The third kappa shape index (κ3) is 7.52. The molecule has 0 radical (unpaired) electrons. The van der Waals surface area contributed by atoms with Gasteiger partial charge in [0.2, 0.25) is 0 Å². The summed E-state index contributed by atoms with van der Waals surface area (Å²) in [5, 5.41) is 9.48. The van der Waals surface area contributed by atoms with Crippen LogP contribution in [-0.4, -0.2) is 38.0 Å². The van der Waals surface area contributed by atoms with Gasteiger partial charge in [0.15, 0.2) is 5.96 Å². The Kier molecular flexibility index (Phi) is 11.1. The van der Waals surface area contributed by atoms with Gasteiger partial charge in [0.05, 0.1) is 17.1 Å². The summed E-state index contributed by atoms with van der Waals surface area (Å²) < 4.78 is 0. The van der Waals surface area contributed by atoms with E-state index in [-0.39, 0.29) is 29.9 Å². The summed E-state index contributed by atoms with van der Waals surface area (Å²) in [6.45, 7) is 6.59. The van der Waals surface area contributed by atoms with Gasteiger partial charge in [0.25, 0.3) is 5.91 Å². The smallest absolute Gasteiger partial charge is 0.252 e. The molecule has 0 aliphatic heterocycles. The lowest BCUT2D eigenvalue weighted by molar-refractivity contribution is 0.0955. The van der Waals surface area contributed by atoms with Crippen molar-refractivity contribution in [3.63, 3.8) is 0 Å². The van der Waals surface area contributed by atoms with E-state index in [0.717, 1.165) is 19.0 Å². The maximum Gasteiger partial charge on any atom is 0.252 e. The summed E-state index contributed by atoms with van der Waals surface area (Å²) in [5.74, 6) is 0.571. The number of guanidine groups is 1. The molecule has 0 aromatic heterocycles. The molecule has 5 nitrogen and oxygen atoms in total. The lowest BCUT2D eigenvalue weighted by atomic mass is 10.2. The second kappa shape index (κ2) is 11.6. The molecule has 118 valence electrons. The lowest BCUT2D eigenvalue weighted by Gasteiger charge is -2.09. The van der Waals surface area contributed by atoms with Crippen LogP contribution in [0.1, 0.15) is 24.2 Å². The van der Waals surface area contributed by atoms with Crippen LogP contribution in [0.15, 0.2) is 29.3 Å². The van der Waals surface area contributed by atoms with Crippen LogP contribution >= 0.6 is 35.6 Å². The molecule has 0 aliphatic carbocycles. The van der Waals surface area contributed by atoms with E-state index in [1.807, 2.05) is 13.8 Å². The van der Waals surface area contributed by atoms with Gasteiger partial charge >= 0.3 is 0 Å². The molecule has 7 heteroatoms. The van der Waals surface area contributed by atoms with Gasteiger partial charge < -0.3 is 16.0 Å². The zero-order valence-electron chi connectivity index (χ0n) is 12.3. The molecule has 1 amide bonds. The van der Waals surface area contributed by atoms with Crippen molar-refractivity contribution in [2.75, 3.05) is 26.2 Å². The highest BCUT2D eigenvalue weighted by Gasteiger charge is 2.07. The number of benzene rings is 1. The maximum atomic E-state index is 11.9. The summed E-state index contributed by atoms with van der Waals surface area (Å²) >= 11 is 5.96. The van der Waals surface area contributed by atoms with Crippen LogP contribution in [0.5, 0.6) is 0 Å². The highest BCUT2D eigenvalue weighted by atomic mass is 127. The molecule has 3 N–H and O–H groups in total. The number of rotatable bonds is 6. The second-order valence-electron chi connectivity index (χ2n) is 4.03. The summed E-state index contributed by atoms with van der Waals surface area (Å²) in [5.41, 5.74) is 0.483. The Morgan fingerprint density at radius 1 is 1.14 bits per heavy atom. The van der Waals surface area contributed by atoms with Crippen molar-refractivity contribution in [3.05, 3.63) is 34.9 Å². The molecular formula is C14H22ClIN4O. The molecule has 0 heterocycles. The molecule has 0 bridgehead atoms. The minimum Gasteiger partial charge on any atom is -0.357 e. The van der Waals surface area contributed by atoms with Gasteiger partial charge in [-0.1, -0.05) is 23.7 Å². The van der Waals surface area contributed by atoms with Crippen molar-refractivity contribution < 1.29 is 4.79 Å². The zero-order valence-corrected chi connectivity index (χ0v) is 15.4. The van der Waals surface area contributed by atoms with Crippen LogP contribution < -0.4 is 16.0 Å². The zero-order chi connectivity index (χ0) is 14.8. The van der Waals surface area contributed by atoms with Gasteiger partial charge in [-0.2, -0.15) is 0 Å². The number of carbonyl (C=O) groups excluding carboxylic acids is 1. The number of nitrogens with one attached hydrogen (secondary N) is 3. The highest BCUT2D eigenvalue weighted by molar-refractivity contribution is 14.0. The van der Waals surface area contributed by atoms with Gasteiger partial charge in [0.1, 0.15) is 0 Å². The monoisotopic (exact) mass is 424 g/mol. The van der Waals surface area contributed by atoms with Gasteiger partial charge in [-0.05, 0) is 26.0 Å². The predicted octanol–water partition coefficient (Wildman–Crippen LogP) is 2.26. The fourth-order valence-electron chi connectivity index (χ4n) is 1.59. The average molecular weight is 425 g/mol. The topological polar surface area (TPSA) is 65.5 Å².